The fraction of sp³-hybridized carbons (Fsp3) is 0.125. The van der Waals surface area contributed by atoms with Crippen molar-refractivity contribution >= 4 is 40.2 Å². The molecule has 2 heterocycles. The lowest BCUT2D eigenvalue weighted by Gasteiger charge is -2.04. The molecule has 0 fully saturated rings. The minimum Gasteiger partial charge on any atom is -0.347 e. The molecule has 0 atom stereocenters. The standard InChI is InChI=1S/C16H13ClN2OS2/c1-10-9-21-16(19-10)12-4-2-11(3-5-12)8-18-15(20)13-6-7-14(17)22-13/h2-7,9H,8H2,1H3,(H,18,20). The molecule has 0 spiro atoms. The quantitative estimate of drug-likeness (QED) is 0.738. The second kappa shape index (κ2) is 6.60. The first-order valence-corrected chi connectivity index (χ1v) is 8.74. The van der Waals surface area contributed by atoms with E-state index in [2.05, 4.69) is 10.3 Å². The van der Waals surface area contributed by atoms with Crippen LogP contribution in [0.1, 0.15) is 20.9 Å². The maximum Gasteiger partial charge on any atom is 0.261 e. The van der Waals surface area contributed by atoms with Gasteiger partial charge in [0, 0.05) is 23.2 Å². The summed E-state index contributed by atoms with van der Waals surface area (Å²) in [6, 6.07) is 11.5. The molecule has 0 saturated heterocycles. The Morgan fingerprint density at radius 3 is 2.59 bits per heavy atom. The summed E-state index contributed by atoms with van der Waals surface area (Å²) in [5.74, 6) is -0.100. The zero-order valence-corrected chi connectivity index (χ0v) is 14.2. The first-order chi connectivity index (χ1) is 10.6. The third-order valence-corrected chi connectivity index (χ3v) is 5.31. The topological polar surface area (TPSA) is 42.0 Å². The second-order valence-electron chi connectivity index (χ2n) is 4.78. The third kappa shape index (κ3) is 3.55. The Morgan fingerprint density at radius 2 is 2.00 bits per heavy atom. The molecule has 0 aliphatic carbocycles. The SMILES string of the molecule is Cc1csc(-c2ccc(CNC(=O)c3ccc(Cl)s3)cc2)n1. The zero-order valence-electron chi connectivity index (χ0n) is 11.8. The maximum absolute atomic E-state index is 12.0. The van der Waals surface area contributed by atoms with Crippen LogP contribution in [0.3, 0.4) is 0 Å². The Morgan fingerprint density at radius 1 is 1.23 bits per heavy atom. The molecule has 0 saturated carbocycles. The summed E-state index contributed by atoms with van der Waals surface area (Å²) in [6.07, 6.45) is 0. The molecule has 112 valence electrons. The number of benzene rings is 1. The van der Waals surface area contributed by atoms with Gasteiger partial charge in [-0.25, -0.2) is 4.98 Å². The van der Waals surface area contributed by atoms with Gasteiger partial charge < -0.3 is 5.32 Å². The molecule has 2 aromatic heterocycles. The van der Waals surface area contributed by atoms with Crippen molar-refractivity contribution in [2.24, 2.45) is 0 Å². The van der Waals surface area contributed by atoms with E-state index in [1.165, 1.54) is 11.3 Å². The summed E-state index contributed by atoms with van der Waals surface area (Å²) in [4.78, 5) is 17.0. The zero-order chi connectivity index (χ0) is 15.5. The Balaban J connectivity index is 1.63. The van der Waals surface area contributed by atoms with E-state index in [-0.39, 0.29) is 5.91 Å². The Hall–Kier alpha value is -1.69. The first kappa shape index (κ1) is 15.2. The van der Waals surface area contributed by atoms with Crippen LogP contribution in [0, 0.1) is 6.92 Å². The van der Waals surface area contributed by atoms with Gasteiger partial charge in [0.1, 0.15) is 5.01 Å². The van der Waals surface area contributed by atoms with E-state index in [1.807, 2.05) is 36.6 Å². The number of halogens is 1. The molecule has 0 aliphatic heterocycles. The minimum absolute atomic E-state index is 0.100. The van der Waals surface area contributed by atoms with Gasteiger partial charge in [0.25, 0.3) is 5.91 Å². The number of amides is 1. The molecule has 0 aliphatic rings. The lowest BCUT2D eigenvalue weighted by molar-refractivity contribution is 0.0955. The van der Waals surface area contributed by atoms with Gasteiger partial charge in [0.15, 0.2) is 0 Å². The van der Waals surface area contributed by atoms with Gasteiger partial charge in [-0.15, -0.1) is 22.7 Å². The van der Waals surface area contributed by atoms with Gasteiger partial charge in [-0.3, -0.25) is 4.79 Å². The number of carbonyl (C=O) groups is 1. The van der Waals surface area contributed by atoms with Crippen LogP contribution in [0.5, 0.6) is 0 Å². The Kier molecular flexibility index (Phi) is 4.57. The van der Waals surface area contributed by atoms with Crippen molar-refractivity contribution in [3.8, 4) is 10.6 Å². The highest BCUT2D eigenvalue weighted by atomic mass is 35.5. The Bertz CT molecular complexity index is 793. The number of nitrogens with one attached hydrogen (secondary N) is 1. The molecule has 6 heteroatoms. The third-order valence-electron chi connectivity index (χ3n) is 3.07. The Labute approximate surface area is 141 Å². The van der Waals surface area contributed by atoms with E-state index in [0.717, 1.165) is 21.8 Å². The number of hydrogen-bond acceptors (Lipinski definition) is 4. The van der Waals surface area contributed by atoms with Crippen LogP contribution in [0.2, 0.25) is 4.34 Å². The van der Waals surface area contributed by atoms with E-state index >= 15 is 0 Å². The summed E-state index contributed by atoms with van der Waals surface area (Å²) < 4.78 is 0.619. The highest BCUT2D eigenvalue weighted by molar-refractivity contribution is 7.18. The summed E-state index contributed by atoms with van der Waals surface area (Å²) in [5, 5.41) is 5.94. The molecule has 3 nitrogen and oxygen atoms in total. The fourth-order valence-corrected chi connectivity index (χ4v) is 3.72. The molecule has 0 unspecified atom stereocenters. The van der Waals surface area contributed by atoms with E-state index in [9.17, 15) is 4.79 Å². The van der Waals surface area contributed by atoms with Gasteiger partial charge in [0.05, 0.1) is 9.21 Å². The molecular weight excluding hydrogens is 336 g/mol. The van der Waals surface area contributed by atoms with Gasteiger partial charge in [-0.1, -0.05) is 35.9 Å². The van der Waals surface area contributed by atoms with Crippen molar-refractivity contribution < 1.29 is 4.79 Å². The average molecular weight is 349 g/mol. The van der Waals surface area contributed by atoms with Crippen molar-refractivity contribution in [1.82, 2.24) is 10.3 Å². The van der Waals surface area contributed by atoms with E-state index in [0.29, 0.717) is 15.8 Å². The van der Waals surface area contributed by atoms with Gasteiger partial charge in [-0.2, -0.15) is 0 Å². The first-order valence-electron chi connectivity index (χ1n) is 6.67. The predicted octanol–water partition coefficient (Wildman–Crippen LogP) is 4.76. The number of hydrogen-bond donors (Lipinski definition) is 1. The lowest BCUT2D eigenvalue weighted by Crippen LogP contribution is -2.21. The van der Waals surface area contributed by atoms with E-state index in [4.69, 9.17) is 11.6 Å². The van der Waals surface area contributed by atoms with Crippen LogP contribution in [0.25, 0.3) is 10.6 Å². The minimum atomic E-state index is -0.100. The van der Waals surface area contributed by atoms with Crippen LogP contribution in [-0.2, 0) is 6.54 Å². The number of aromatic nitrogens is 1. The maximum atomic E-state index is 12.0. The normalized spacial score (nSPS) is 10.6. The van der Waals surface area contributed by atoms with Gasteiger partial charge >= 0.3 is 0 Å². The molecule has 3 aromatic rings. The van der Waals surface area contributed by atoms with Crippen molar-refractivity contribution in [1.29, 1.82) is 0 Å². The van der Waals surface area contributed by atoms with Gasteiger partial charge in [0.2, 0.25) is 0 Å². The van der Waals surface area contributed by atoms with Crippen molar-refractivity contribution in [2.45, 2.75) is 13.5 Å². The van der Waals surface area contributed by atoms with Crippen LogP contribution in [-0.4, -0.2) is 10.9 Å². The average Bonchev–Trinajstić information content (AvgIpc) is 3.14. The van der Waals surface area contributed by atoms with Crippen LogP contribution in [0.15, 0.2) is 41.8 Å². The fourth-order valence-electron chi connectivity index (χ4n) is 1.96. The number of carbonyl (C=O) groups excluding carboxylic acids is 1. The molecule has 3 rings (SSSR count). The number of thiophene rings is 1. The number of thiazole rings is 1. The van der Waals surface area contributed by atoms with Gasteiger partial charge in [-0.05, 0) is 24.6 Å². The highest BCUT2D eigenvalue weighted by Gasteiger charge is 2.08. The molecule has 1 N–H and O–H groups in total. The summed E-state index contributed by atoms with van der Waals surface area (Å²) >= 11 is 8.75. The van der Waals surface area contributed by atoms with Crippen LogP contribution >= 0.6 is 34.3 Å². The lowest BCUT2D eigenvalue weighted by atomic mass is 10.1. The molecule has 1 aromatic carbocycles. The summed E-state index contributed by atoms with van der Waals surface area (Å²) in [7, 11) is 0. The van der Waals surface area contributed by atoms with Crippen molar-refractivity contribution in [2.75, 3.05) is 0 Å². The van der Waals surface area contributed by atoms with Crippen molar-refractivity contribution in [3.63, 3.8) is 0 Å². The van der Waals surface area contributed by atoms with E-state index in [1.54, 1.807) is 23.5 Å². The van der Waals surface area contributed by atoms with Crippen LogP contribution in [0.4, 0.5) is 0 Å². The second-order valence-corrected chi connectivity index (χ2v) is 7.35. The summed E-state index contributed by atoms with van der Waals surface area (Å²) in [6.45, 7) is 2.48. The highest BCUT2D eigenvalue weighted by Crippen LogP contribution is 2.24. The predicted molar refractivity (Wildman–Crippen MR) is 92.8 cm³/mol. The number of aryl methyl sites for hydroxylation is 1. The van der Waals surface area contributed by atoms with Crippen molar-refractivity contribution in [3.05, 3.63) is 62.2 Å². The van der Waals surface area contributed by atoms with Crippen LogP contribution < -0.4 is 5.32 Å². The smallest absolute Gasteiger partial charge is 0.261 e. The molecule has 0 bridgehead atoms. The van der Waals surface area contributed by atoms with E-state index < -0.39 is 0 Å². The summed E-state index contributed by atoms with van der Waals surface area (Å²) in [5.41, 5.74) is 3.18. The monoisotopic (exact) mass is 348 g/mol. The molecular formula is C16H13ClN2OS2. The molecule has 1 amide bonds. The number of rotatable bonds is 4. The largest absolute Gasteiger partial charge is 0.347 e. The molecule has 0 radical (unpaired) electrons. The number of nitrogens with zero attached hydrogens (tertiary/aromatic N) is 1. The molecule has 22 heavy (non-hydrogen) atoms.